The van der Waals surface area contributed by atoms with Crippen LogP contribution in [-0.2, 0) is 17.8 Å². The van der Waals surface area contributed by atoms with E-state index < -0.39 is 12.1 Å². The van der Waals surface area contributed by atoms with Crippen molar-refractivity contribution in [3.05, 3.63) is 65.2 Å². The summed E-state index contributed by atoms with van der Waals surface area (Å²) < 4.78 is 5.12. The molecule has 0 unspecified atom stereocenters. The van der Waals surface area contributed by atoms with E-state index in [4.69, 9.17) is 4.74 Å². The Hall–Kier alpha value is -2.82. The van der Waals surface area contributed by atoms with E-state index in [-0.39, 0.29) is 17.9 Å². The van der Waals surface area contributed by atoms with Crippen molar-refractivity contribution in [1.29, 1.82) is 0 Å². The Morgan fingerprint density at radius 1 is 1.09 bits per heavy atom. The van der Waals surface area contributed by atoms with Gasteiger partial charge in [-0.05, 0) is 23.6 Å². The molecule has 0 bridgehead atoms. The van der Waals surface area contributed by atoms with E-state index in [1.807, 2.05) is 37.3 Å². The molecule has 5 heteroatoms. The first-order valence-electron chi connectivity index (χ1n) is 7.44. The number of carboxylic acids is 1. The fourth-order valence-electron chi connectivity index (χ4n) is 2.30. The molecule has 1 amide bonds. The second kappa shape index (κ2) is 7.98. The lowest BCUT2D eigenvalue weighted by Crippen LogP contribution is -2.17. The van der Waals surface area contributed by atoms with Crippen LogP contribution in [0.2, 0.25) is 0 Å². The summed E-state index contributed by atoms with van der Waals surface area (Å²) in [6.45, 7) is 2.10. The number of aryl methyl sites for hydroxylation is 1. The number of aromatic carboxylic acids is 1. The molecule has 0 fully saturated rings. The minimum absolute atomic E-state index is 0.117. The van der Waals surface area contributed by atoms with Crippen LogP contribution in [0.25, 0.3) is 0 Å². The molecule has 2 aromatic rings. The largest absolute Gasteiger partial charge is 0.478 e. The van der Waals surface area contributed by atoms with Crippen molar-refractivity contribution in [2.45, 2.75) is 26.4 Å². The number of carboxylic acid groups (broad SMARTS) is 1. The van der Waals surface area contributed by atoms with Gasteiger partial charge in [-0.15, -0.1) is 0 Å². The topological polar surface area (TPSA) is 75.6 Å². The second-order valence-electron chi connectivity index (χ2n) is 5.08. The average Bonchev–Trinajstić information content (AvgIpc) is 2.54. The summed E-state index contributed by atoms with van der Waals surface area (Å²) in [5.41, 5.74) is 1.93. The maximum atomic E-state index is 11.9. The van der Waals surface area contributed by atoms with E-state index >= 15 is 0 Å². The predicted octanol–water partition coefficient (Wildman–Crippen LogP) is 4.09. The standard InChI is InChI=1S/C18H19NO4/c1-2-7-14-10-6-11-15(16(14)17(20)21)19-18(22)23-12-13-8-4-3-5-9-13/h3-6,8-11H,2,7,12H2,1H3,(H,19,22)(H,20,21). The van der Waals surface area contributed by atoms with Gasteiger partial charge in [-0.1, -0.05) is 55.8 Å². The summed E-state index contributed by atoms with van der Waals surface area (Å²) in [5, 5.41) is 11.9. The van der Waals surface area contributed by atoms with Gasteiger partial charge in [0, 0.05) is 0 Å². The Kier molecular flexibility index (Phi) is 5.74. The number of hydrogen-bond acceptors (Lipinski definition) is 3. The van der Waals surface area contributed by atoms with Gasteiger partial charge in [0.25, 0.3) is 0 Å². The van der Waals surface area contributed by atoms with Crippen LogP contribution in [0.5, 0.6) is 0 Å². The van der Waals surface area contributed by atoms with Crippen molar-refractivity contribution in [2.75, 3.05) is 5.32 Å². The SMILES string of the molecule is CCCc1cccc(NC(=O)OCc2ccccc2)c1C(=O)O. The van der Waals surface area contributed by atoms with Crippen LogP contribution in [0.3, 0.4) is 0 Å². The number of carbonyl (C=O) groups is 2. The Morgan fingerprint density at radius 2 is 1.83 bits per heavy atom. The first-order chi connectivity index (χ1) is 11.1. The molecule has 2 N–H and O–H groups in total. The van der Waals surface area contributed by atoms with Gasteiger partial charge in [0.1, 0.15) is 6.61 Å². The molecule has 0 radical (unpaired) electrons. The molecular weight excluding hydrogens is 294 g/mol. The third-order valence-electron chi connectivity index (χ3n) is 3.33. The highest BCUT2D eigenvalue weighted by atomic mass is 16.5. The van der Waals surface area contributed by atoms with Crippen molar-refractivity contribution in [1.82, 2.24) is 0 Å². The van der Waals surface area contributed by atoms with Crippen LogP contribution in [0.4, 0.5) is 10.5 Å². The van der Waals surface area contributed by atoms with Gasteiger partial charge < -0.3 is 9.84 Å². The maximum Gasteiger partial charge on any atom is 0.411 e. The Balaban J connectivity index is 2.08. The summed E-state index contributed by atoms with van der Waals surface area (Å²) in [6.07, 6.45) is 0.781. The molecule has 0 aliphatic heterocycles. The smallest absolute Gasteiger partial charge is 0.411 e. The highest BCUT2D eigenvalue weighted by Crippen LogP contribution is 2.22. The normalized spacial score (nSPS) is 10.1. The third kappa shape index (κ3) is 4.57. The van der Waals surface area contributed by atoms with Crippen LogP contribution in [0.1, 0.15) is 34.8 Å². The first-order valence-corrected chi connectivity index (χ1v) is 7.44. The lowest BCUT2D eigenvalue weighted by molar-refractivity contribution is 0.0697. The first kappa shape index (κ1) is 16.5. The molecule has 0 aliphatic carbocycles. The van der Waals surface area contributed by atoms with Gasteiger partial charge in [-0.2, -0.15) is 0 Å². The molecule has 0 saturated carbocycles. The molecular formula is C18H19NO4. The number of hydrogen-bond donors (Lipinski definition) is 2. The molecule has 5 nitrogen and oxygen atoms in total. The van der Waals surface area contributed by atoms with Crippen molar-refractivity contribution < 1.29 is 19.4 Å². The molecule has 0 aromatic heterocycles. The van der Waals surface area contributed by atoms with Gasteiger partial charge in [0.2, 0.25) is 0 Å². The molecule has 0 aliphatic rings. The van der Waals surface area contributed by atoms with E-state index in [2.05, 4.69) is 5.32 Å². The highest BCUT2D eigenvalue weighted by molar-refractivity contribution is 6.00. The minimum Gasteiger partial charge on any atom is -0.478 e. The average molecular weight is 313 g/mol. The van der Waals surface area contributed by atoms with Gasteiger partial charge in [-0.3, -0.25) is 5.32 Å². The van der Waals surface area contributed by atoms with E-state index in [9.17, 15) is 14.7 Å². The number of benzene rings is 2. The van der Waals surface area contributed by atoms with Crippen LogP contribution in [0.15, 0.2) is 48.5 Å². The maximum absolute atomic E-state index is 11.9. The fourth-order valence-corrected chi connectivity index (χ4v) is 2.30. The lowest BCUT2D eigenvalue weighted by atomic mass is 10.0. The third-order valence-corrected chi connectivity index (χ3v) is 3.33. The molecule has 23 heavy (non-hydrogen) atoms. The number of amides is 1. The molecule has 2 aromatic carbocycles. The predicted molar refractivity (Wildman–Crippen MR) is 87.6 cm³/mol. The summed E-state index contributed by atoms with van der Waals surface area (Å²) in [6, 6.07) is 14.3. The molecule has 0 saturated heterocycles. The van der Waals surface area contributed by atoms with Gasteiger partial charge >= 0.3 is 12.1 Å². The molecule has 0 spiro atoms. The zero-order valence-corrected chi connectivity index (χ0v) is 12.9. The number of anilines is 1. The van der Waals surface area contributed by atoms with Gasteiger partial charge in [0.15, 0.2) is 0 Å². The Morgan fingerprint density at radius 3 is 2.48 bits per heavy atom. The Bertz CT molecular complexity index is 683. The van der Waals surface area contributed by atoms with Crippen LogP contribution in [-0.4, -0.2) is 17.2 Å². The van der Waals surface area contributed by atoms with Crippen molar-refractivity contribution >= 4 is 17.7 Å². The molecule has 2 rings (SSSR count). The summed E-state index contributed by atoms with van der Waals surface area (Å²) >= 11 is 0. The summed E-state index contributed by atoms with van der Waals surface area (Å²) in [7, 11) is 0. The number of ether oxygens (including phenoxy) is 1. The van der Waals surface area contributed by atoms with E-state index in [0.717, 1.165) is 12.0 Å². The summed E-state index contributed by atoms with van der Waals surface area (Å²) in [5.74, 6) is -1.06. The van der Waals surface area contributed by atoms with E-state index in [0.29, 0.717) is 12.0 Å². The zero-order chi connectivity index (χ0) is 16.7. The molecule has 0 heterocycles. The molecule has 120 valence electrons. The van der Waals surface area contributed by atoms with E-state index in [1.54, 1.807) is 18.2 Å². The lowest BCUT2D eigenvalue weighted by Gasteiger charge is -2.12. The molecule has 0 atom stereocenters. The van der Waals surface area contributed by atoms with E-state index in [1.165, 1.54) is 0 Å². The van der Waals surface area contributed by atoms with Gasteiger partial charge in [-0.25, -0.2) is 9.59 Å². The van der Waals surface area contributed by atoms with Gasteiger partial charge in [0.05, 0.1) is 11.3 Å². The van der Waals surface area contributed by atoms with Crippen molar-refractivity contribution in [3.63, 3.8) is 0 Å². The van der Waals surface area contributed by atoms with Crippen LogP contribution in [0, 0.1) is 0 Å². The van der Waals surface area contributed by atoms with Crippen LogP contribution < -0.4 is 5.32 Å². The number of nitrogens with one attached hydrogen (secondary N) is 1. The highest BCUT2D eigenvalue weighted by Gasteiger charge is 2.17. The van der Waals surface area contributed by atoms with Crippen molar-refractivity contribution in [2.24, 2.45) is 0 Å². The minimum atomic E-state index is -1.06. The zero-order valence-electron chi connectivity index (χ0n) is 12.9. The second-order valence-corrected chi connectivity index (χ2v) is 5.08. The fraction of sp³-hybridized carbons (Fsp3) is 0.222. The van der Waals surface area contributed by atoms with Crippen LogP contribution >= 0.6 is 0 Å². The number of carbonyl (C=O) groups excluding carboxylic acids is 1. The Labute approximate surface area is 134 Å². The number of rotatable bonds is 6. The monoisotopic (exact) mass is 313 g/mol. The quantitative estimate of drug-likeness (QED) is 0.842. The van der Waals surface area contributed by atoms with Crippen molar-refractivity contribution in [3.8, 4) is 0 Å². The summed E-state index contributed by atoms with van der Waals surface area (Å²) in [4.78, 5) is 23.4.